The van der Waals surface area contributed by atoms with E-state index >= 15 is 0 Å². The molecule has 0 saturated carbocycles. The van der Waals surface area contributed by atoms with Crippen LogP contribution in [0.25, 0.3) is 0 Å². The molecule has 2 saturated heterocycles. The number of thioether (sulfide) groups is 1. The number of benzene rings is 1. The van der Waals surface area contributed by atoms with Crippen molar-refractivity contribution in [3.05, 3.63) is 33.8 Å². The predicted octanol–water partition coefficient (Wildman–Crippen LogP) is 4.18. The molecule has 2 heterocycles. The van der Waals surface area contributed by atoms with E-state index in [0.717, 1.165) is 48.8 Å². The van der Waals surface area contributed by atoms with Crippen LogP contribution in [0, 0.1) is 0 Å². The zero-order valence-corrected chi connectivity index (χ0v) is 14.4. The molecule has 0 aliphatic carbocycles. The number of nitrogens with one attached hydrogen (secondary N) is 1. The van der Waals surface area contributed by atoms with Gasteiger partial charge in [0.15, 0.2) is 0 Å². The Morgan fingerprint density at radius 3 is 3.05 bits per heavy atom. The third kappa shape index (κ3) is 4.08. The molecule has 1 aromatic rings. The van der Waals surface area contributed by atoms with Crippen molar-refractivity contribution in [1.29, 1.82) is 0 Å². The molecule has 2 atom stereocenters. The maximum absolute atomic E-state index is 6.21. The van der Waals surface area contributed by atoms with Crippen molar-refractivity contribution in [1.82, 2.24) is 5.32 Å². The standard InChI is InChI=1S/C16H21Cl2NOS/c17-13-2-1-12(15(18)9-13)3-6-19-14-4-7-20-16(10-14)5-8-21-11-16/h1-2,9,14,19H,3-8,10-11H2. The number of ether oxygens (including phenoxy) is 1. The molecule has 2 nitrogen and oxygen atoms in total. The lowest BCUT2D eigenvalue weighted by Crippen LogP contribution is -2.47. The number of hydrogen-bond donors (Lipinski definition) is 1. The topological polar surface area (TPSA) is 21.3 Å². The minimum Gasteiger partial charge on any atom is -0.374 e. The van der Waals surface area contributed by atoms with Crippen LogP contribution < -0.4 is 5.32 Å². The van der Waals surface area contributed by atoms with Gasteiger partial charge in [0.1, 0.15) is 0 Å². The summed E-state index contributed by atoms with van der Waals surface area (Å²) >= 11 is 14.2. The van der Waals surface area contributed by atoms with Gasteiger partial charge in [-0.2, -0.15) is 11.8 Å². The molecule has 0 amide bonds. The van der Waals surface area contributed by atoms with Gasteiger partial charge in [0.05, 0.1) is 5.60 Å². The molecule has 2 aliphatic heterocycles. The highest BCUT2D eigenvalue weighted by atomic mass is 35.5. The second-order valence-corrected chi connectivity index (χ2v) is 7.91. The summed E-state index contributed by atoms with van der Waals surface area (Å²) in [5.74, 6) is 2.40. The van der Waals surface area contributed by atoms with E-state index in [1.165, 1.54) is 12.2 Å². The van der Waals surface area contributed by atoms with Gasteiger partial charge in [-0.3, -0.25) is 0 Å². The van der Waals surface area contributed by atoms with Gasteiger partial charge in [-0.25, -0.2) is 0 Å². The highest BCUT2D eigenvalue weighted by molar-refractivity contribution is 7.99. The highest BCUT2D eigenvalue weighted by Crippen LogP contribution is 2.38. The van der Waals surface area contributed by atoms with E-state index in [0.29, 0.717) is 11.1 Å². The average molecular weight is 346 g/mol. The Hall–Kier alpha value is 0.0700. The predicted molar refractivity (Wildman–Crippen MR) is 91.8 cm³/mol. The van der Waals surface area contributed by atoms with Gasteiger partial charge in [-0.05, 0) is 55.7 Å². The molecular weight excluding hydrogens is 325 g/mol. The molecule has 1 aromatic carbocycles. The third-order valence-electron chi connectivity index (χ3n) is 4.40. The SMILES string of the molecule is Clc1ccc(CCNC2CCOC3(CCSC3)C2)c(Cl)c1. The van der Waals surface area contributed by atoms with E-state index in [-0.39, 0.29) is 5.60 Å². The van der Waals surface area contributed by atoms with Gasteiger partial charge in [0, 0.05) is 28.4 Å². The fraction of sp³-hybridized carbons (Fsp3) is 0.625. The Labute approximate surface area is 140 Å². The Morgan fingerprint density at radius 1 is 1.38 bits per heavy atom. The summed E-state index contributed by atoms with van der Waals surface area (Å²) in [5, 5.41) is 5.14. The van der Waals surface area contributed by atoms with E-state index in [4.69, 9.17) is 27.9 Å². The zero-order valence-electron chi connectivity index (χ0n) is 12.0. The summed E-state index contributed by atoms with van der Waals surface area (Å²) in [6, 6.07) is 6.31. The van der Waals surface area contributed by atoms with Crippen LogP contribution >= 0.6 is 35.0 Å². The minimum absolute atomic E-state index is 0.151. The van der Waals surface area contributed by atoms with Crippen LogP contribution in [0.15, 0.2) is 18.2 Å². The van der Waals surface area contributed by atoms with Gasteiger partial charge in [0.25, 0.3) is 0 Å². The fourth-order valence-electron chi connectivity index (χ4n) is 3.20. The molecule has 116 valence electrons. The summed E-state index contributed by atoms with van der Waals surface area (Å²) in [4.78, 5) is 0. The van der Waals surface area contributed by atoms with E-state index in [1.54, 1.807) is 0 Å². The molecule has 2 fully saturated rings. The van der Waals surface area contributed by atoms with E-state index in [1.807, 2.05) is 30.0 Å². The monoisotopic (exact) mass is 345 g/mol. The van der Waals surface area contributed by atoms with Crippen LogP contribution in [0.3, 0.4) is 0 Å². The van der Waals surface area contributed by atoms with E-state index in [9.17, 15) is 0 Å². The second kappa shape index (κ2) is 7.10. The summed E-state index contributed by atoms with van der Waals surface area (Å²) in [6.07, 6.45) is 4.41. The van der Waals surface area contributed by atoms with Crippen molar-refractivity contribution in [3.63, 3.8) is 0 Å². The summed E-state index contributed by atoms with van der Waals surface area (Å²) < 4.78 is 6.06. The van der Waals surface area contributed by atoms with Crippen molar-refractivity contribution in [2.24, 2.45) is 0 Å². The normalized spacial score (nSPS) is 29.1. The lowest BCUT2D eigenvalue weighted by molar-refractivity contribution is -0.0699. The average Bonchev–Trinajstić information content (AvgIpc) is 2.89. The molecule has 0 aromatic heterocycles. The number of halogens is 2. The van der Waals surface area contributed by atoms with Gasteiger partial charge in [-0.15, -0.1) is 0 Å². The first-order chi connectivity index (χ1) is 10.2. The fourth-order valence-corrected chi connectivity index (χ4v) is 5.08. The number of hydrogen-bond acceptors (Lipinski definition) is 3. The summed E-state index contributed by atoms with van der Waals surface area (Å²) in [5.41, 5.74) is 1.31. The van der Waals surface area contributed by atoms with Crippen LogP contribution in [0.1, 0.15) is 24.8 Å². The Morgan fingerprint density at radius 2 is 2.29 bits per heavy atom. The quantitative estimate of drug-likeness (QED) is 0.884. The summed E-state index contributed by atoms with van der Waals surface area (Å²) in [7, 11) is 0. The summed E-state index contributed by atoms with van der Waals surface area (Å²) in [6.45, 7) is 1.84. The Balaban J connectivity index is 1.48. The Bertz CT molecular complexity index is 491. The van der Waals surface area contributed by atoms with Crippen LogP contribution in [0.2, 0.25) is 10.0 Å². The first-order valence-corrected chi connectivity index (χ1v) is 9.47. The van der Waals surface area contributed by atoms with E-state index in [2.05, 4.69) is 5.32 Å². The molecule has 1 N–H and O–H groups in total. The maximum Gasteiger partial charge on any atom is 0.0795 e. The third-order valence-corrected chi connectivity index (χ3v) is 6.21. The minimum atomic E-state index is 0.151. The van der Waals surface area contributed by atoms with Gasteiger partial charge < -0.3 is 10.1 Å². The number of rotatable bonds is 4. The molecule has 2 unspecified atom stereocenters. The second-order valence-electron chi connectivity index (χ2n) is 5.96. The van der Waals surface area contributed by atoms with Crippen molar-refractivity contribution >= 4 is 35.0 Å². The van der Waals surface area contributed by atoms with Crippen LogP contribution in [-0.4, -0.2) is 36.3 Å². The Kier molecular flexibility index (Phi) is 5.39. The molecule has 5 heteroatoms. The zero-order chi connectivity index (χ0) is 14.7. The molecule has 3 rings (SSSR count). The first kappa shape index (κ1) is 15.9. The largest absolute Gasteiger partial charge is 0.374 e. The lowest BCUT2D eigenvalue weighted by Gasteiger charge is -2.38. The van der Waals surface area contributed by atoms with Crippen molar-refractivity contribution in [2.75, 3.05) is 24.7 Å². The first-order valence-electron chi connectivity index (χ1n) is 7.56. The van der Waals surface area contributed by atoms with Gasteiger partial charge in [0.2, 0.25) is 0 Å². The van der Waals surface area contributed by atoms with Gasteiger partial charge in [-0.1, -0.05) is 29.3 Å². The lowest BCUT2D eigenvalue weighted by atomic mass is 9.90. The molecule has 0 radical (unpaired) electrons. The van der Waals surface area contributed by atoms with Gasteiger partial charge >= 0.3 is 0 Å². The van der Waals surface area contributed by atoms with E-state index < -0.39 is 0 Å². The maximum atomic E-state index is 6.21. The van der Waals surface area contributed by atoms with Crippen LogP contribution in [-0.2, 0) is 11.2 Å². The van der Waals surface area contributed by atoms with Crippen molar-refractivity contribution in [2.45, 2.75) is 37.3 Å². The molecule has 1 spiro atoms. The molecular formula is C16H21Cl2NOS. The van der Waals surface area contributed by atoms with Crippen LogP contribution in [0.4, 0.5) is 0 Å². The molecule has 21 heavy (non-hydrogen) atoms. The van der Waals surface area contributed by atoms with Crippen molar-refractivity contribution in [3.8, 4) is 0 Å². The van der Waals surface area contributed by atoms with Crippen LogP contribution in [0.5, 0.6) is 0 Å². The molecule has 0 bridgehead atoms. The smallest absolute Gasteiger partial charge is 0.0795 e. The molecule has 2 aliphatic rings. The highest BCUT2D eigenvalue weighted by Gasteiger charge is 2.40. The van der Waals surface area contributed by atoms with Crippen molar-refractivity contribution < 1.29 is 4.74 Å².